The molecule has 0 saturated carbocycles. The molecule has 43 heavy (non-hydrogen) atoms. The molecule has 233 valence electrons. The number of ether oxygens (including phenoxy) is 2. The molecule has 14 nitrogen and oxygen atoms in total. The molecule has 6 rings (SSSR count). The van der Waals surface area contributed by atoms with Crippen molar-refractivity contribution >= 4 is 33.0 Å². The Bertz CT molecular complexity index is 1540. The summed E-state index contributed by atoms with van der Waals surface area (Å²) in [6.07, 6.45) is -2.91. The Hall–Kier alpha value is -3.25. The quantitative estimate of drug-likeness (QED) is 0.352. The molecule has 5 heterocycles. The van der Waals surface area contributed by atoms with Crippen molar-refractivity contribution in [1.29, 1.82) is 0 Å². The van der Waals surface area contributed by atoms with Crippen LogP contribution in [0.25, 0.3) is 17.0 Å². The van der Waals surface area contributed by atoms with Crippen molar-refractivity contribution in [2.75, 3.05) is 95.6 Å². The van der Waals surface area contributed by atoms with Crippen molar-refractivity contribution in [3.05, 3.63) is 24.0 Å². The zero-order valence-corrected chi connectivity index (χ0v) is 25.0. The zero-order chi connectivity index (χ0) is 30.1. The van der Waals surface area contributed by atoms with Crippen molar-refractivity contribution in [2.24, 2.45) is 0 Å². The first-order chi connectivity index (χ1) is 20.8. The molecule has 2 aromatic heterocycles. The number of hydrogen-bond acceptors (Lipinski definition) is 11. The second-order valence-corrected chi connectivity index (χ2v) is 12.7. The van der Waals surface area contributed by atoms with Crippen molar-refractivity contribution in [3.8, 4) is 11.7 Å². The third kappa shape index (κ3) is 5.83. The number of morpholine rings is 1. The number of benzene rings is 1. The predicted molar refractivity (Wildman–Crippen MR) is 155 cm³/mol. The van der Waals surface area contributed by atoms with Crippen LogP contribution in [0, 0.1) is 0 Å². The van der Waals surface area contributed by atoms with E-state index in [1.54, 1.807) is 25.1 Å². The fourth-order valence-corrected chi connectivity index (χ4v) is 7.33. The Morgan fingerprint density at radius 1 is 0.860 bits per heavy atom. The molecule has 0 N–H and O–H groups in total. The van der Waals surface area contributed by atoms with Crippen LogP contribution in [0.3, 0.4) is 0 Å². The summed E-state index contributed by atoms with van der Waals surface area (Å²) < 4.78 is 69.2. The lowest BCUT2D eigenvalue weighted by Crippen LogP contribution is -2.56. The number of piperazine rings is 2. The molecule has 3 aliphatic heterocycles. The van der Waals surface area contributed by atoms with E-state index in [9.17, 15) is 17.2 Å². The lowest BCUT2D eigenvalue weighted by atomic mass is 10.3. The maximum absolute atomic E-state index is 14.3. The molecule has 0 aliphatic carbocycles. The monoisotopic (exact) mass is 621 g/mol. The van der Waals surface area contributed by atoms with Crippen LogP contribution in [0.15, 0.2) is 18.2 Å². The average Bonchev–Trinajstić information content (AvgIpc) is 3.45. The number of nitrogens with zero attached hydrogens (tertiary/aromatic N) is 10. The molecule has 3 fully saturated rings. The van der Waals surface area contributed by atoms with Crippen molar-refractivity contribution in [1.82, 2.24) is 39.0 Å². The van der Waals surface area contributed by atoms with Gasteiger partial charge in [0.1, 0.15) is 16.6 Å². The van der Waals surface area contributed by atoms with Gasteiger partial charge < -0.3 is 19.3 Å². The maximum atomic E-state index is 14.3. The number of hydrogen-bond donors (Lipinski definition) is 0. The lowest BCUT2D eigenvalue weighted by molar-refractivity contribution is 0.122. The van der Waals surface area contributed by atoms with Crippen molar-refractivity contribution in [2.45, 2.75) is 18.7 Å². The van der Waals surface area contributed by atoms with Gasteiger partial charge in [-0.05, 0) is 19.1 Å². The summed E-state index contributed by atoms with van der Waals surface area (Å²) >= 11 is 0. The number of imidazole rings is 1. The van der Waals surface area contributed by atoms with E-state index in [2.05, 4.69) is 20.3 Å². The second-order valence-electron chi connectivity index (χ2n) is 10.5. The van der Waals surface area contributed by atoms with Gasteiger partial charge >= 0.3 is 0 Å². The van der Waals surface area contributed by atoms with Crippen LogP contribution in [-0.4, -0.2) is 133 Å². The SMILES string of the molecule is COc1cccc2c1nc(C(F)F)n2-c1nc(N2CCOCC2)nc(N2CCN(S(=O)(=O)C(C)N3CC[N]CC3)CC2)n1. The highest BCUT2D eigenvalue weighted by Crippen LogP contribution is 2.32. The van der Waals surface area contributed by atoms with E-state index in [0.29, 0.717) is 82.8 Å². The first kappa shape index (κ1) is 29.8. The molecule has 0 bridgehead atoms. The van der Waals surface area contributed by atoms with E-state index < -0.39 is 27.6 Å². The Kier molecular flexibility index (Phi) is 8.59. The summed E-state index contributed by atoms with van der Waals surface area (Å²) in [7, 11) is -2.12. The number of fused-ring (bicyclic) bond motifs is 1. The number of halogens is 2. The Labute approximate surface area is 248 Å². The van der Waals surface area contributed by atoms with Crippen molar-refractivity contribution in [3.63, 3.8) is 0 Å². The van der Waals surface area contributed by atoms with E-state index >= 15 is 0 Å². The van der Waals surface area contributed by atoms with Gasteiger partial charge in [-0.15, -0.1) is 0 Å². The number of anilines is 2. The van der Waals surface area contributed by atoms with Gasteiger partial charge in [0, 0.05) is 65.4 Å². The minimum absolute atomic E-state index is 0.00303. The van der Waals surface area contributed by atoms with E-state index in [0.717, 1.165) is 0 Å². The van der Waals surface area contributed by atoms with Gasteiger partial charge in [-0.1, -0.05) is 6.07 Å². The van der Waals surface area contributed by atoms with Crippen LogP contribution in [0.4, 0.5) is 20.7 Å². The number of aromatic nitrogens is 5. The third-order valence-corrected chi connectivity index (χ3v) is 10.3. The van der Waals surface area contributed by atoms with Crippen LogP contribution < -0.4 is 19.9 Å². The predicted octanol–water partition coefficient (Wildman–Crippen LogP) is 0.711. The number of methoxy groups -OCH3 is 1. The molecule has 0 amide bonds. The highest BCUT2D eigenvalue weighted by Gasteiger charge is 2.36. The van der Waals surface area contributed by atoms with Crippen LogP contribution in [0.1, 0.15) is 19.2 Å². The minimum atomic E-state index is -3.57. The molecule has 3 aromatic rings. The largest absolute Gasteiger partial charge is 0.494 e. The van der Waals surface area contributed by atoms with E-state index in [1.165, 1.54) is 16.0 Å². The summed E-state index contributed by atoms with van der Waals surface area (Å²) in [6.45, 7) is 7.37. The maximum Gasteiger partial charge on any atom is 0.296 e. The summed E-state index contributed by atoms with van der Waals surface area (Å²) in [5.74, 6) is 0.440. The van der Waals surface area contributed by atoms with Gasteiger partial charge in [-0.2, -0.15) is 19.3 Å². The second kappa shape index (κ2) is 12.4. The molecule has 3 saturated heterocycles. The van der Waals surface area contributed by atoms with E-state index in [1.807, 2.05) is 14.7 Å². The molecule has 1 atom stereocenters. The molecule has 17 heteroatoms. The number of para-hydroxylation sites is 1. The summed E-state index contributed by atoms with van der Waals surface area (Å²) in [5.41, 5.74) is 0.639. The molecule has 1 unspecified atom stereocenters. The molecule has 1 radical (unpaired) electrons. The first-order valence-corrected chi connectivity index (χ1v) is 15.8. The molecule has 0 spiro atoms. The fourth-order valence-electron chi connectivity index (χ4n) is 5.63. The van der Waals surface area contributed by atoms with Crippen LogP contribution >= 0.6 is 0 Å². The number of rotatable bonds is 8. The van der Waals surface area contributed by atoms with E-state index in [-0.39, 0.29) is 30.5 Å². The minimum Gasteiger partial charge on any atom is -0.494 e. The van der Waals surface area contributed by atoms with Gasteiger partial charge in [0.25, 0.3) is 6.43 Å². The Morgan fingerprint density at radius 2 is 1.49 bits per heavy atom. The highest BCUT2D eigenvalue weighted by atomic mass is 32.2. The normalized spacial score (nSPS) is 20.2. The Balaban J connectivity index is 1.33. The molecular formula is C26H35F2N10O4S. The molecule has 3 aliphatic rings. The summed E-state index contributed by atoms with van der Waals surface area (Å²) in [6, 6.07) is 5.01. The lowest BCUT2D eigenvalue weighted by Gasteiger charge is -2.39. The Morgan fingerprint density at radius 3 is 2.12 bits per heavy atom. The van der Waals surface area contributed by atoms with Crippen LogP contribution in [0.2, 0.25) is 0 Å². The smallest absolute Gasteiger partial charge is 0.296 e. The molecular weight excluding hydrogens is 586 g/mol. The topological polar surface area (TPSA) is 136 Å². The van der Waals surface area contributed by atoms with Gasteiger partial charge in [0.15, 0.2) is 5.82 Å². The fraction of sp³-hybridized carbons (Fsp3) is 0.615. The average molecular weight is 622 g/mol. The highest BCUT2D eigenvalue weighted by molar-refractivity contribution is 7.89. The van der Waals surface area contributed by atoms with Crippen LogP contribution in [0.5, 0.6) is 5.75 Å². The van der Waals surface area contributed by atoms with Gasteiger partial charge in [-0.3, -0.25) is 9.47 Å². The zero-order valence-electron chi connectivity index (χ0n) is 24.1. The van der Waals surface area contributed by atoms with Gasteiger partial charge in [0.2, 0.25) is 27.9 Å². The van der Waals surface area contributed by atoms with Gasteiger partial charge in [-0.25, -0.2) is 27.5 Å². The van der Waals surface area contributed by atoms with Crippen LogP contribution in [-0.2, 0) is 14.8 Å². The standard InChI is InChI=1S/C26H35F2N10O4S/c1-18(34-8-6-29-7-9-34)43(39,40)37-12-10-35(11-13-37)24-31-25(36-14-16-42-17-15-36)33-26(32-24)38-19-4-3-5-20(41-2)21(19)30-23(38)22(27)28/h3-5,18,22H,6-17H2,1-2H3. The molecule has 1 aromatic carbocycles. The van der Waals surface area contributed by atoms with Gasteiger partial charge in [0.05, 0.1) is 25.8 Å². The number of sulfonamides is 1. The first-order valence-electron chi connectivity index (χ1n) is 14.3. The third-order valence-electron chi connectivity index (χ3n) is 8.10. The van der Waals surface area contributed by atoms with E-state index in [4.69, 9.17) is 14.5 Å². The van der Waals surface area contributed by atoms with Crippen molar-refractivity contribution < 1.29 is 26.7 Å². The summed E-state index contributed by atoms with van der Waals surface area (Å²) in [5, 5.41) is 3.67. The summed E-state index contributed by atoms with van der Waals surface area (Å²) in [4.78, 5) is 23.9. The number of alkyl halides is 2.